The number of carbonyl (C=O) groups is 1. The van der Waals surface area contributed by atoms with Gasteiger partial charge in [0.2, 0.25) is 10.0 Å². The second-order valence-electron chi connectivity index (χ2n) is 5.39. The Morgan fingerprint density at radius 2 is 2.00 bits per heavy atom. The molecule has 0 bridgehead atoms. The zero-order valence-corrected chi connectivity index (χ0v) is 13.3. The molecule has 6 heteroatoms. The molecule has 1 aliphatic rings. The summed E-state index contributed by atoms with van der Waals surface area (Å²) in [5.41, 5.74) is 0.969. The van der Waals surface area contributed by atoms with Crippen molar-refractivity contribution in [1.82, 2.24) is 4.72 Å². The molecular formula is C15H22N2O3S. The lowest BCUT2D eigenvalue weighted by atomic mass is 9.94. The van der Waals surface area contributed by atoms with Gasteiger partial charge < -0.3 is 4.90 Å². The third-order valence-corrected chi connectivity index (χ3v) is 5.40. The van der Waals surface area contributed by atoms with Crippen molar-refractivity contribution < 1.29 is 13.2 Å². The van der Waals surface area contributed by atoms with E-state index in [-0.39, 0.29) is 16.6 Å². The molecule has 1 aliphatic heterocycles. The van der Waals surface area contributed by atoms with E-state index in [9.17, 15) is 13.2 Å². The van der Waals surface area contributed by atoms with Crippen LogP contribution >= 0.6 is 0 Å². The predicted molar refractivity (Wildman–Crippen MR) is 82.9 cm³/mol. The van der Waals surface area contributed by atoms with Gasteiger partial charge in [0, 0.05) is 31.2 Å². The van der Waals surface area contributed by atoms with Gasteiger partial charge in [-0.3, -0.25) is 4.79 Å². The highest BCUT2D eigenvalue weighted by Crippen LogP contribution is 2.24. The lowest BCUT2D eigenvalue weighted by Gasteiger charge is -2.33. The Morgan fingerprint density at radius 1 is 1.33 bits per heavy atom. The van der Waals surface area contributed by atoms with E-state index >= 15 is 0 Å². The molecule has 116 valence electrons. The molecule has 1 fully saturated rings. The first kappa shape index (κ1) is 16.0. The van der Waals surface area contributed by atoms with Gasteiger partial charge in [0.25, 0.3) is 0 Å². The van der Waals surface area contributed by atoms with Gasteiger partial charge in [-0.05, 0) is 44.0 Å². The minimum atomic E-state index is -3.40. The lowest BCUT2D eigenvalue weighted by molar-refractivity contribution is -0.120. The molecule has 1 aromatic rings. The summed E-state index contributed by atoms with van der Waals surface area (Å²) in [4.78, 5) is 13.9. The van der Waals surface area contributed by atoms with E-state index in [1.165, 1.54) is 0 Å². The van der Waals surface area contributed by atoms with E-state index < -0.39 is 10.0 Å². The average Bonchev–Trinajstić information content (AvgIpc) is 2.47. The van der Waals surface area contributed by atoms with Crippen LogP contribution in [-0.4, -0.2) is 33.8 Å². The van der Waals surface area contributed by atoms with Crippen LogP contribution in [0.4, 0.5) is 5.69 Å². The summed E-state index contributed by atoms with van der Waals surface area (Å²) in [5.74, 6) is 0.315. The van der Waals surface area contributed by atoms with Crippen LogP contribution in [-0.2, 0) is 14.8 Å². The SMILES string of the molecule is CCNS(=O)(=O)c1ccc(N2CCCC(C(C)=O)C2)cc1. The van der Waals surface area contributed by atoms with Crippen molar-refractivity contribution in [3.63, 3.8) is 0 Å². The second-order valence-corrected chi connectivity index (χ2v) is 7.16. The van der Waals surface area contributed by atoms with Crippen molar-refractivity contribution in [1.29, 1.82) is 0 Å². The van der Waals surface area contributed by atoms with Gasteiger partial charge in [-0.15, -0.1) is 0 Å². The number of anilines is 1. The van der Waals surface area contributed by atoms with Crippen LogP contribution in [0.1, 0.15) is 26.7 Å². The van der Waals surface area contributed by atoms with E-state index in [0.717, 1.165) is 25.1 Å². The first-order valence-corrected chi connectivity index (χ1v) is 8.77. The van der Waals surface area contributed by atoms with Gasteiger partial charge in [-0.1, -0.05) is 6.92 Å². The molecule has 0 aliphatic carbocycles. The summed E-state index contributed by atoms with van der Waals surface area (Å²) < 4.78 is 26.3. The third-order valence-electron chi connectivity index (χ3n) is 3.84. The number of carbonyl (C=O) groups excluding carboxylic acids is 1. The van der Waals surface area contributed by atoms with Gasteiger partial charge >= 0.3 is 0 Å². The molecule has 0 amide bonds. The molecule has 1 N–H and O–H groups in total. The fraction of sp³-hybridized carbons (Fsp3) is 0.533. The maximum atomic E-state index is 11.9. The first-order chi connectivity index (χ1) is 9.94. The summed E-state index contributed by atoms with van der Waals surface area (Å²) in [7, 11) is -3.40. The number of nitrogens with one attached hydrogen (secondary N) is 1. The van der Waals surface area contributed by atoms with E-state index in [2.05, 4.69) is 9.62 Å². The molecule has 2 rings (SSSR count). The van der Waals surface area contributed by atoms with Crippen molar-refractivity contribution in [2.45, 2.75) is 31.6 Å². The van der Waals surface area contributed by atoms with Crippen LogP contribution in [0.5, 0.6) is 0 Å². The minimum Gasteiger partial charge on any atom is -0.371 e. The first-order valence-electron chi connectivity index (χ1n) is 7.29. The zero-order chi connectivity index (χ0) is 15.5. The van der Waals surface area contributed by atoms with Crippen LogP contribution in [0, 0.1) is 5.92 Å². The van der Waals surface area contributed by atoms with Crippen LogP contribution in [0.3, 0.4) is 0 Å². The normalized spacial score (nSPS) is 19.5. The largest absolute Gasteiger partial charge is 0.371 e. The number of benzene rings is 1. The van der Waals surface area contributed by atoms with E-state index in [1.807, 2.05) is 12.1 Å². The van der Waals surface area contributed by atoms with Crippen LogP contribution in [0.25, 0.3) is 0 Å². The van der Waals surface area contributed by atoms with E-state index in [0.29, 0.717) is 13.1 Å². The summed E-state index contributed by atoms with van der Waals surface area (Å²) >= 11 is 0. The Morgan fingerprint density at radius 3 is 2.57 bits per heavy atom. The van der Waals surface area contributed by atoms with Gasteiger partial charge in [0.1, 0.15) is 5.78 Å². The monoisotopic (exact) mass is 310 g/mol. The number of rotatable bonds is 5. The Kier molecular flexibility index (Phi) is 5.00. The number of nitrogens with zero attached hydrogens (tertiary/aromatic N) is 1. The molecule has 1 aromatic carbocycles. The maximum Gasteiger partial charge on any atom is 0.240 e. The smallest absolute Gasteiger partial charge is 0.240 e. The summed E-state index contributed by atoms with van der Waals surface area (Å²) in [6, 6.07) is 6.86. The third kappa shape index (κ3) is 3.83. The number of piperidine rings is 1. The van der Waals surface area contributed by atoms with Crippen molar-refractivity contribution in [3.8, 4) is 0 Å². The van der Waals surface area contributed by atoms with Crippen molar-refractivity contribution in [3.05, 3.63) is 24.3 Å². The van der Waals surface area contributed by atoms with Gasteiger partial charge in [-0.25, -0.2) is 13.1 Å². The number of hydrogen-bond donors (Lipinski definition) is 1. The molecule has 1 unspecified atom stereocenters. The molecular weight excluding hydrogens is 288 g/mol. The average molecular weight is 310 g/mol. The molecule has 0 aromatic heterocycles. The standard InChI is InChI=1S/C15H22N2O3S/c1-3-16-21(19,20)15-8-6-14(7-9-15)17-10-4-5-13(11-17)12(2)18/h6-9,13,16H,3-5,10-11H2,1-2H3. The minimum absolute atomic E-state index is 0.0870. The zero-order valence-electron chi connectivity index (χ0n) is 12.5. The van der Waals surface area contributed by atoms with Crippen LogP contribution in [0.15, 0.2) is 29.2 Å². The fourth-order valence-electron chi connectivity index (χ4n) is 2.65. The van der Waals surface area contributed by atoms with E-state index in [4.69, 9.17) is 0 Å². The van der Waals surface area contributed by atoms with Gasteiger partial charge in [0.05, 0.1) is 4.90 Å². The molecule has 21 heavy (non-hydrogen) atoms. The highest BCUT2D eigenvalue weighted by molar-refractivity contribution is 7.89. The Hall–Kier alpha value is -1.40. The highest BCUT2D eigenvalue weighted by Gasteiger charge is 2.23. The highest BCUT2D eigenvalue weighted by atomic mass is 32.2. The Balaban J connectivity index is 2.14. The van der Waals surface area contributed by atoms with Gasteiger partial charge in [-0.2, -0.15) is 0 Å². The second kappa shape index (κ2) is 6.58. The maximum absolute atomic E-state index is 11.9. The Bertz CT molecular complexity index is 596. The summed E-state index contributed by atoms with van der Waals surface area (Å²) in [5, 5.41) is 0. The number of Topliss-reactive ketones (excluding diaryl/α,β-unsaturated/α-hetero) is 1. The number of ketones is 1. The molecule has 1 heterocycles. The quantitative estimate of drug-likeness (QED) is 0.900. The molecule has 5 nitrogen and oxygen atoms in total. The molecule has 0 spiro atoms. The van der Waals surface area contributed by atoms with E-state index in [1.54, 1.807) is 26.0 Å². The van der Waals surface area contributed by atoms with Crippen molar-refractivity contribution in [2.75, 3.05) is 24.5 Å². The molecule has 1 saturated heterocycles. The van der Waals surface area contributed by atoms with Crippen LogP contribution < -0.4 is 9.62 Å². The predicted octanol–water partition coefficient (Wildman–Crippen LogP) is 1.79. The van der Waals surface area contributed by atoms with Crippen molar-refractivity contribution in [2.24, 2.45) is 5.92 Å². The molecule has 1 atom stereocenters. The summed E-state index contributed by atoms with van der Waals surface area (Å²) in [6.45, 7) is 5.38. The fourth-order valence-corrected chi connectivity index (χ4v) is 3.69. The topological polar surface area (TPSA) is 66.5 Å². The lowest BCUT2D eigenvalue weighted by Crippen LogP contribution is -2.38. The number of hydrogen-bond acceptors (Lipinski definition) is 4. The van der Waals surface area contributed by atoms with Crippen LogP contribution in [0.2, 0.25) is 0 Å². The molecule has 0 radical (unpaired) electrons. The Labute approximate surface area is 126 Å². The molecule has 0 saturated carbocycles. The van der Waals surface area contributed by atoms with Gasteiger partial charge in [0.15, 0.2) is 0 Å². The summed E-state index contributed by atoms with van der Waals surface area (Å²) in [6.07, 6.45) is 1.93. The van der Waals surface area contributed by atoms with Crippen molar-refractivity contribution >= 4 is 21.5 Å². The number of sulfonamides is 1.